The van der Waals surface area contributed by atoms with Gasteiger partial charge in [-0.25, -0.2) is 4.68 Å². The van der Waals surface area contributed by atoms with Crippen molar-refractivity contribution < 1.29 is 14.6 Å². The summed E-state index contributed by atoms with van der Waals surface area (Å²) in [7, 11) is 3.20. The van der Waals surface area contributed by atoms with Crippen LogP contribution < -0.4 is 9.47 Å². The maximum Gasteiger partial charge on any atom is 0.123 e. The van der Waals surface area contributed by atoms with E-state index >= 15 is 0 Å². The van der Waals surface area contributed by atoms with Crippen LogP contribution in [0.4, 0.5) is 0 Å². The highest BCUT2D eigenvalue weighted by Gasteiger charge is 2.15. The molecule has 1 aromatic heterocycles. The van der Waals surface area contributed by atoms with Gasteiger partial charge in [0.2, 0.25) is 0 Å². The van der Waals surface area contributed by atoms with Crippen LogP contribution in [0.5, 0.6) is 11.5 Å². The number of rotatable bonds is 5. The van der Waals surface area contributed by atoms with Gasteiger partial charge in [-0.2, -0.15) is 0 Å². The molecule has 0 fully saturated rings. The first-order valence-electron chi connectivity index (χ1n) is 6.00. The molecule has 0 radical (unpaired) electrons. The van der Waals surface area contributed by atoms with Gasteiger partial charge in [0.25, 0.3) is 0 Å². The molecule has 1 aromatic carbocycles. The third-order valence-electron chi connectivity index (χ3n) is 2.88. The van der Waals surface area contributed by atoms with Gasteiger partial charge in [-0.05, 0) is 19.1 Å². The molecule has 0 saturated carbocycles. The Labute approximate surface area is 111 Å². The van der Waals surface area contributed by atoms with Crippen molar-refractivity contribution >= 4 is 0 Å². The van der Waals surface area contributed by atoms with Gasteiger partial charge in [-0.15, -0.1) is 5.10 Å². The SMILES string of the molecule is CCn1nnc(CO)c1-c1cc(OC)cc(OC)c1. The van der Waals surface area contributed by atoms with E-state index < -0.39 is 0 Å². The van der Waals surface area contributed by atoms with Crippen molar-refractivity contribution in [3.05, 3.63) is 23.9 Å². The summed E-state index contributed by atoms with van der Waals surface area (Å²) in [5, 5.41) is 17.4. The molecule has 0 spiro atoms. The van der Waals surface area contributed by atoms with Crippen LogP contribution in [-0.2, 0) is 13.2 Å². The third-order valence-corrected chi connectivity index (χ3v) is 2.88. The fraction of sp³-hybridized carbons (Fsp3) is 0.385. The molecule has 0 saturated heterocycles. The van der Waals surface area contributed by atoms with Gasteiger partial charge in [-0.1, -0.05) is 5.21 Å². The van der Waals surface area contributed by atoms with Crippen molar-refractivity contribution in [2.75, 3.05) is 14.2 Å². The van der Waals surface area contributed by atoms with E-state index in [0.717, 1.165) is 11.3 Å². The Morgan fingerprint density at radius 2 is 1.79 bits per heavy atom. The molecule has 0 aliphatic heterocycles. The summed E-state index contributed by atoms with van der Waals surface area (Å²) in [4.78, 5) is 0. The second-order valence-corrected chi connectivity index (χ2v) is 3.96. The average Bonchev–Trinajstić information content (AvgIpc) is 2.89. The van der Waals surface area contributed by atoms with Gasteiger partial charge >= 0.3 is 0 Å². The highest BCUT2D eigenvalue weighted by Crippen LogP contribution is 2.31. The Morgan fingerprint density at radius 3 is 2.26 bits per heavy atom. The van der Waals surface area contributed by atoms with Gasteiger partial charge in [-0.3, -0.25) is 0 Å². The second-order valence-electron chi connectivity index (χ2n) is 3.96. The molecule has 0 bridgehead atoms. The Kier molecular flexibility index (Phi) is 4.01. The molecule has 1 N–H and O–H groups in total. The summed E-state index contributed by atoms with van der Waals surface area (Å²) in [6.45, 7) is 2.48. The highest BCUT2D eigenvalue weighted by atomic mass is 16.5. The Morgan fingerprint density at radius 1 is 1.16 bits per heavy atom. The Balaban J connectivity index is 2.60. The lowest BCUT2D eigenvalue weighted by molar-refractivity contribution is 0.277. The fourth-order valence-electron chi connectivity index (χ4n) is 1.94. The van der Waals surface area contributed by atoms with Crippen molar-refractivity contribution in [2.24, 2.45) is 0 Å². The lowest BCUT2D eigenvalue weighted by atomic mass is 10.1. The molecule has 2 rings (SSSR count). The van der Waals surface area contributed by atoms with Crippen LogP contribution in [0.3, 0.4) is 0 Å². The van der Waals surface area contributed by atoms with Gasteiger partial charge < -0.3 is 14.6 Å². The number of aliphatic hydroxyl groups excluding tert-OH is 1. The normalized spacial score (nSPS) is 10.5. The molecule has 0 amide bonds. The van der Waals surface area contributed by atoms with E-state index in [4.69, 9.17) is 9.47 Å². The maximum atomic E-state index is 9.36. The van der Waals surface area contributed by atoms with Crippen molar-refractivity contribution in [3.63, 3.8) is 0 Å². The summed E-state index contributed by atoms with van der Waals surface area (Å²) in [6.07, 6.45) is 0. The summed E-state index contributed by atoms with van der Waals surface area (Å²) >= 11 is 0. The Hall–Kier alpha value is -2.08. The number of benzene rings is 1. The minimum Gasteiger partial charge on any atom is -0.497 e. The first-order valence-corrected chi connectivity index (χ1v) is 6.00. The lowest BCUT2D eigenvalue weighted by Gasteiger charge is -2.10. The smallest absolute Gasteiger partial charge is 0.123 e. The van der Waals surface area contributed by atoms with Crippen molar-refractivity contribution in [2.45, 2.75) is 20.1 Å². The van der Waals surface area contributed by atoms with E-state index in [-0.39, 0.29) is 6.61 Å². The van der Waals surface area contributed by atoms with Crippen LogP contribution >= 0.6 is 0 Å². The Bertz CT molecular complexity index is 523. The van der Waals surface area contributed by atoms with Crippen LogP contribution in [0.1, 0.15) is 12.6 Å². The topological polar surface area (TPSA) is 69.4 Å². The number of aliphatic hydroxyl groups is 1. The van der Waals surface area contributed by atoms with Gasteiger partial charge in [0.15, 0.2) is 0 Å². The van der Waals surface area contributed by atoms with Gasteiger partial charge in [0, 0.05) is 18.2 Å². The van der Waals surface area contributed by atoms with E-state index in [9.17, 15) is 5.11 Å². The number of ether oxygens (including phenoxy) is 2. The molecule has 6 heteroatoms. The number of methoxy groups -OCH3 is 2. The summed E-state index contributed by atoms with van der Waals surface area (Å²) < 4.78 is 12.2. The van der Waals surface area contributed by atoms with Crippen molar-refractivity contribution in [1.29, 1.82) is 0 Å². The molecule has 6 nitrogen and oxygen atoms in total. The average molecular weight is 263 g/mol. The van der Waals surface area contributed by atoms with Gasteiger partial charge in [0.1, 0.15) is 17.2 Å². The lowest BCUT2D eigenvalue weighted by Crippen LogP contribution is -2.01. The highest BCUT2D eigenvalue weighted by molar-refractivity contribution is 5.66. The first-order chi connectivity index (χ1) is 9.23. The molecule has 102 valence electrons. The molecule has 19 heavy (non-hydrogen) atoms. The van der Waals surface area contributed by atoms with Crippen LogP contribution in [0.2, 0.25) is 0 Å². The largest absolute Gasteiger partial charge is 0.497 e. The van der Waals surface area contributed by atoms with Crippen LogP contribution in [0.15, 0.2) is 18.2 Å². The fourth-order valence-corrected chi connectivity index (χ4v) is 1.94. The minimum absolute atomic E-state index is 0.158. The van der Waals surface area contributed by atoms with Crippen LogP contribution in [-0.4, -0.2) is 34.3 Å². The monoisotopic (exact) mass is 263 g/mol. The van der Waals surface area contributed by atoms with E-state index in [0.29, 0.717) is 23.7 Å². The molecular formula is C13H17N3O3. The van der Waals surface area contributed by atoms with E-state index in [1.807, 2.05) is 19.1 Å². The zero-order valence-electron chi connectivity index (χ0n) is 11.3. The first kappa shape index (κ1) is 13.4. The predicted molar refractivity (Wildman–Crippen MR) is 70.2 cm³/mol. The zero-order valence-corrected chi connectivity index (χ0v) is 11.3. The van der Waals surface area contributed by atoms with E-state index in [1.54, 1.807) is 25.0 Å². The van der Waals surface area contributed by atoms with Crippen molar-refractivity contribution in [1.82, 2.24) is 15.0 Å². The molecule has 2 aromatic rings. The number of nitrogens with zero attached hydrogens (tertiary/aromatic N) is 3. The second kappa shape index (κ2) is 5.71. The number of aryl methyl sites for hydroxylation is 1. The summed E-state index contributed by atoms with van der Waals surface area (Å²) in [5.41, 5.74) is 2.17. The molecule has 1 heterocycles. The van der Waals surface area contributed by atoms with Gasteiger partial charge in [0.05, 0.1) is 26.5 Å². The predicted octanol–water partition coefficient (Wildman–Crippen LogP) is 1.47. The van der Waals surface area contributed by atoms with Crippen molar-refractivity contribution in [3.8, 4) is 22.8 Å². The molecule has 0 unspecified atom stereocenters. The van der Waals surface area contributed by atoms with E-state index in [2.05, 4.69) is 10.3 Å². The number of hydrogen-bond acceptors (Lipinski definition) is 5. The zero-order chi connectivity index (χ0) is 13.8. The summed E-state index contributed by atoms with van der Waals surface area (Å²) in [6, 6.07) is 5.53. The standard InChI is InChI=1S/C13H17N3O3/c1-4-16-13(12(8-17)14-15-16)9-5-10(18-2)7-11(6-9)19-3/h5-7,17H,4,8H2,1-3H3. The third kappa shape index (κ3) is 2.53. The number of hydrogen-bond donors (Lipinski definition) is 1. The van der Waals surface area contributed by atoms with Crippen LogP contribution in [0, 0.1) is 0 Å². The summed E-state index contributed by atoms with van der Waals surface area (Å²) in [5.74, 6) is 1.36. The minimum atomic E-state index is -0.158. The molecule has 0 atom stereocenters. The van der Waals surface area contributed by atoms with E-state index in [1.165, 1.54) is 0 Å². The number of aromatic nitrogens is 3. The maximum absolute atomic E-state index is 9.36. The molecular weight excluding hydrogens is 246 g/mol. The quantitative estimate of drug-likeness (QED) is 0.884. The van der Waals surface area contributed by atoms with Crippen LogP contribution in [0.25, 0.3) is 11.3 Å². The molecule has 0 aliphatic carbocycles. The molecule has 0 aliphatic rings.